The first-order chi connectivity index (χ1) is 5.11. The molecular weight excluding hydrogens is 183 g/mol. The number of halogens is 2. The Kier molecular flexibility index (Phi) is 2.79. The first-order valence-electron chi connectivity index (χ1n) is 3.24. The second-order valence-electron chi connectivity index (χ2n) is 2.35. The molecule has 3 heteroatoms. The molecule has 0 saturated heterocycles. The van der Waals surface area contributed by atoms with Crippen molar-refractivity contribution in [3.63, 3.8) is 0 Å². The third kappa shape index (κ3) is 2.11. The maximum absolute atomic E-state index is 12.6. The third-order valence-corrected chi connectivity index (χ3v) is 2.01. The standard InChI is InChI=1S/C8H8ClFS/c1-5(11)6-2-3-8(10)7(9)4-6/h2-5,11H,1H3. The average molecular weight is 191 g/mol. The summed E-state index contributed by atoms with van der Waals surface area (Å²) >= 11 is 9.74. The molecule has 0 nitrogen and oxygen atoms in total. The van der Waals surface area contributed by atoms with Crippen molar-refractivity contribution >= 4 is 24.2 Å². The molecule has 0 fully saturated rings. The van der Waals surface area contributed by atoms with Gasteiger partial charge in [-0.1, -0.05) is 17.7 Å². The van der Waals surface area contributed by atoms with E-state index < -0.39 is 0 Å². The summed E-state index contributed by atoms with van der Waals surface area (Å²) in [5.74, 6) is -0.385. The van der Waals surface area contributed by atoms with Crippen LogP contribution in [0.15, 0.2) is 18.2 Å². The van der Waals surface area contributed by atoms with Gasteiger partial charge in [0.1, 0.15) is 5.82 Å². The highest BCUT2D eigenvalue weighted by Crippen LogP contribution is 2.23. The van der Waals surface area contributed by atoms with Crippen LogP contribution >= 0.6 is 24.2 Å². The van der Waals surface area contributed by atoms with Gasteiger partial charge in [0.2, 0.25) is 0 Å². The van der Waals surface area contributed by atoms with Gasteiger partial charge in [0.15, 0.2) is 0 Å². The Hall–Kier alpha value is -0.210. The van der Waals surface area contributed by atoms with Crippen LogP contribution in [0.1, 0.15) is 17.7 Å². The van der Waals surface area contributed by atoms with Crippen LogP contribution in [-0.2, 0) is 0 Å². The summed E-state index contributed by atoms with van der Waals surface area (Å²) in [6, 6.07) is 4.62. The van der Waals surface area contributed by atoms with E-state index in [0.717, 1.165) is 5.56 Å². The van der Waals surface area contributed by atoms with Gasteiger partial charge in [0.05, 0.1) is 5.02 Å². The van der Waals surface area contributed by atoms with E-state index >= 15 is 0 Å². The molecule has 0 radical (unpaired) electrons. The van der Waals surface area contributed by atoms with Crippen molar-refractivity contribution in [3.8, 4) is 0 Å². The van der Waals surface area contributed by atoms with Crippen molar-refractivity contribution in [2.45, 2.75) is 12.2 Å². The summed E-state index contributed by atoms with van der Waals surface area (Å²) in [4.78, 5) is 0. The normalized spacial score (nSPS) is 13.1. The summed E-state index contributed by atoms with van der Waals surface area (Å²) in [5.41, 5.74) is 0.930. The molecule has 0 amide bonds. The van der Waals surface area contributed by atoms with Crippen LogP contribution in [0.5, 0.6) is 0 Å². The van der Waals surface area contributed by atoms with Gasteiger partial charge in [-0.25, -0.2) is 4.39 Å². The molecule has 0 aromatic heterocycles. The van der Waals surface area contributed by atoms with Gasteiger partial charge >= 0.3 is 0 Å². The minimum Gasteiger partial charge on any atom is -0.205 e. The van der Waals surface area contributed by atoms with Crippen LogP contribution in [0.3, 0.4) is 0 Å². The van der Waals surface area contributed by atoms with Crippen LogP contribution in [-0.4, -0.2) is 0 Å². The van der Waals surface area contributed by atoms with E-state index in [1.165, 1.54) is 6.07 Å². The lowest BCUT2D eigenvalue weighted by Gasteiger charge is -2.04. The quantitative estimate of drug-likeness (QED) is 0.645. The highest BCUT2D eigenvalue weighted by atomic mass is 35.5. The fourth-order valence-corrected chi connectivity index (χ4v) is 1.12. The SMILES string of the molecule is CC(S)c1ccc(F)c(Cl)c1. The fourth-order valence-electron chi connectivity index (χ4n) is 0.772. The van der Waals surface area contributed by atoms with Gasteiger partial charge in [-0.2, -0.15) is 12.6 Å². The summed E-state index contributed by atoms with van der Waals surface area (Å²) in [7, 11) is 0. The predicted octanol–water partition coefficient (Wildman–Crippen LogP) is 3.47. The molecule has 0 bridgehead atoms. The molecule has 1 atom stereocenters. The molecule has 0 N–H and O–H groups in total. The van der Waals surface area contributed by atoms with Gasteiger partial charge < -0.3 is 0 Å². The lowest BCUT2D eigenvalue weighted by atomic mass is 10.2. The first kappa shape index (κ1) is 8.88. The molecule has 0 aliphatic carbocycles. The smallest absolute Gasteiger partial charge is 0.141 e. The minimum absolute atomic E-state index is 0.0908. The maximum Gasteiger partial charge on any atom is 0.141 e. The summed E-state index contributed by atoms with van der Waals surface area (Å²) < 4.78 is 12.6. The van der Waals surface area contributed by atoms with Crippen molar-refractivity contribution < 1.29 is 4.39 Å². The molecule has 0 aliphatic heterocycles. The van der Waals surface area contributed by atoms with Gasteiger partial charge in [0, 0.05) is 5.25 Å². The van der Waals surface area contributed by atoms with E-state index in [9.17, 15) is 4.39 Å². The van der Waals surface area contributed by atoms with Crippen molar-refractivity contribution in [1.29, 1.82) is 0 Å². The highest BCUT2D eigenvalue weighted by Gasteiger charge is 2.03. The van der Waals surface area contributed by atoms with E-state index in [-0.39, 0.29) is 16.1 Å². The number of hydrogen-bond acceptors (Lipinski definition) is 1. The second-order valence-corrected chi connectivity index (χ2v) is 3.53. The Balaban J connectivity index is 3.05. The zero-order chi connectivity index (χ0) is 8.43. The molecule has 11 heavy (non-hydrogen) atoms. The molecular formula is C8H8ClFS. The summed E-state index contributed by atoms with van der Waals surface area (Å²) in [5, 5.41) is 0.247. The highest BCUT2D eigenvalue weighted by molar-refractivity contribution is 7.80. The maximum atomic E-state index is 12.6. The Morgan fingerprint density at radius 1 is 1.55 bits per heavy atom. The molecule has 0 aliphatic rings. The first-order valence-corrected chi connectivity index (χ1v) is 4.13. The minimum atomic E-state index is -0.385. The topological polar surface area (TPSA) is 0 Å². The average Bonchev–Trinajstić information content (AvgIpc) is 1.94. The van der Waals surface area contributed by atoms with Crippen molar-refractivity contribution in [3.05, 3.63) is 34.6 Å². The van der Waals surface area contributed by atoms with Crippen LogP contribution in [0.25, 0.3) is 0 Å². The predicted molar refractivity (Wildman–Crippen MR) is 48.8 cm³/mol. The van der Waals surface area contributed by atoms with E-state index in [2.05, 4.69) is 12.6 Å². The summed E-state index contributed by atoms with van der Waals surface area (Å²) in [6.07, 6.45) is 0. The molecule has 1 aromatic rings. The molecule has 0 spiro atoms. The second kappa shape index (κ2) is 3.46. The Bertz CT molecular complexity index is 260. The van der Waals surface area contributed by atoms with Crippen molar-refractivity contribution in [2.75, 3.05) is 0 Å². The lowest BCUT2D eigenvalue weighted by molar-refractivity contribution is 0.627. The van der Waals surface area contributed by atoms with Gasteiger partial charge in [-0.15, -0.1) is 0 Å². The summed E-state index contributed by atoms with van der Waals surface area (Å²) in [6.45, 7) is 1.91. The van der Waals surface area contributed by atoms with Crippen molar-refractivity contribution in [2.24, 2.45) is 0 Å². The zero-order valence-corrected chi connectivity index (χ0v) is 7.66. The van der Waals surface area contributed by atoms with E-state index in [4.69, 9.17) is 11.6 Å². The monoisotopic (exact) mass is 190 g/mol. The molecule has 0 saturated carbocycles. The van der Waals surface area contributed by atoms with Crippen LogP contribution < -0.4 is 0 Å². The third-order valence-electron chi connectivity index (χ3n) is 1.43. The molecule has 1 rings (SSSR count). The molecule has 1 aromatic carbocycles. The zero-order valence-electron chi connectivity index (χ0n) is 6.01. The molecule has 1 unspecified atom stereocenters. The van der Waals surface area contributed by atoms with Gasteiger partial charge in [-0.3, -0.25) is 0 Å². The number of thiol groups is 1. The number of hydrogen-bond donors (Lipinski definition) is 1. The molecule has 0 heterocycles. The fraction of sp³-hybridized carbons (Fsp3) is 0.250. The van der Waals surface area contributed by atoms with Crippen molar-refractivity contribution in [1.82, 2.24) is 0 Å². The molecule has 60 valence electrons. The van der Waals surface area contributed by atoms with E-state index in [1.54, 1.807) is 12.1 Å². The van der Waals surface area contributed by atoms with Crippen LogP contribution in [0, 0.1) is 5.82 Å². The van der Waals surface area contributed by atoms with E-state index in [1.807, 2.05) is 6.92 Å². The van der Waals surface area contributed by atoms with Crippen LogP contribution in [0.2, 0.25) is 5.02 Å². The Morgan fingerprint density at radius 2 is 2.18 bits per heavy atom. The number of benzene rings is 1. The largest absolute Gasteiger partial charge is 0.205 e. The number of rotatable bonds is 1. The Labute approximate surface area is 75.8 Å². The van der Waals surface area contributed by atoms with Gasteiger partial charge in [0.25, 0.3) is 0 Å². The lowest BCUT2D eigenvalue weighted by Crippen LogP contribution is -1.85. The van der Waals surface area contributed by atoms with E-state index in [0.29, 0.717) is 0 Å². The Morgan fingerprint density at radius 3 is 2.64 bits per heavy atom. The van der Waals surface area contributed by atoms with Crippen LogP contribution in [0.4, 0.5) is 4.39 Å². The van der Waals surface area contributed by atoms with Gasteiger partial charge in [-0.05, 0) is 24.6 Å².